The fourth-order valence-corrected chi connectivity index (χ4v) is 3.85. The van der Waals surface area contributed by atoms with Crippen LogP contribution in [-0.2, 0) is 7.05 Å². The van der Waals surface area contributed by atoms with E-state index in [1.54, 1.807) is 6.20 Å². The van der Waals surface area contributed by atoms with E-state index in [2.05, 4.69) is 25.8 Å². The smallest absolute Gasteiger partial charge is 0.162 e. The Morgan fingerprint density at radius 2 is 1.77 bits per heavy atom. The zero-order valence-corrected chi connectivity index (χ0v) is 16.2. The fourth-order valence-electron chi connectivity index (χ4n) is 3.85. The van der Waals surface area contributed by atoms with Crippen molar-refractivity contribution < 1.29 is 4.74 Å². The van der Waals surface area contributed by atoms with Crippen LogP contribution in [0.4, 0.5) is 0 Å². The number of pyridine rings is 1. The second kappa shape index (κ2) is 6.42. The van der Waals surface area contributed by atoms with Gasteiger partial charge in [-0.1, -0.05) is 18.2 Å². The minimum Gasteiger partial charge on any atom is -0.457 e. The molecule has 6 aromatic rings. The van der Waals surface area contributed by atoms with Gasteiger partial charge in [-0.25, -0.2) is 4.98 Å². The van der Waals surface area contributed by atoms with Crippen LogP contribution in [0.3, 0.4) is 0 Å². The van der Waals surface area contributed by atoms with E-state index in [0.29, 0.717) is 0 Å². The molecule has 0 aliphatic carbocycles. The monoisotopic (exact) mass is 391 g/mol. The lowest BCUT2D eigenvalue weighted by Crippen LogP contribution is -1.93. The minimum atomic E-state index is 0.743. The van der Waals surface area contributed by atoms with Gasteiger partial charge in [-0.3, -0.25) is 10.1 Å². The summed E-state index contributed by atoms with van der Waals surface area (Å²) in [5.74, 6) is 2.33. The molecule has 3 aromatic carbocycles. The Hall–Kier alpha value is -4.19. The van der Waals surface area contributed by atoms with E-state index in [-0.39, 0.29) is 0 Å². The largest absolute Gasteiger partial charge is 0.457 e. The molecule has 30 heavy (non-hydrogen) atoms. The molecule has 0 bridgehead atoms. The van der Waals surface area contributed by atoms with E-state index in [9.17, 15) is 0 Å². The van der Waals surface area contributed by atoms with Crippen molar-refractivity contribution in [3.63, 3.8) is 0 Å². The number of aromatic nitrogens is 5. The Labute approximate surface area is 171 Å². The van der Waals surface area contributed by atoms with Crippen LogP contribution in [0.1, 0.15) is 0 Å². The van der Waals surface area contributed by atoms with Gasteiger partial charge in [0.05, 0.1) is 16.6 Å². The molecule has 6 heteroatoms. The van der Waals surface area contributed by atoms with Gasteiger partial charge in [0, 0.05) is 30.2 Å². The van der Waals surface area contributed by atoms with Crippen molar-refractivity contribution in [2.24, 2.45) is 7.05 Å². The van der Waals surface area contributed by atoms with E-state index in [1.807, 2.05) is 73.9 Å². The third-order valence-electron chi connectivity index (χ3n) is 5.38. The summed E-state index contributed by atoms with van der Waals surface area (Å²) in [6.07, 6.45) is 3.63. The molecule has 0 saturated heterocycles. The molecule has 3 aromatic heterocycles. The van der Waals surface area contributed by atoms with Crippen LogP contribution in [-0.4, -0.2) is 24.7 Å². The van der Waals surface area contributed by atoms with Gasteiger partial charge in [0.15, 0.2) is 5.82 Å². The molecular formula is C24H17N5O. The van der Waals surface area contributed by atoms with Crippen molar-refractivity contribution in [3.05, 3.63) is 79.1 Å². The van der Waals surface area contributed by atoms with Crippen LogP contribution in [0.2, 0.25) is 0 Å². The quantitative estimate of drug-likeness (QED) is 0.435. The summed E-state index contributed by atoms with van der Waals surface area (Å²) in [4.78, 5) is 8.97. The van der Waals surface area contributed by atoms with Gasteiger partial charge in [-0.05, 0) is 53.9 Å². The molecule has 0 aliphatic rings. The SMILES string of the molecule is Cn1c(-c2n[nH]c3ccc(Oc4ccc5ccncc5c4)cc23)nc2ccccc21. The average molecular weight is 391 g/mol. The first-order valence-corrected chi connectivity index (χ1v) is 9.68. The first-order chi connectivity index (χ1) is 14.8. The molecule has 0 atom stereocenters. The van der Waals surface area contributed by atoms with Crippen molar-refractivity contribution in [1.29, 1.82) is 0 Å². The highest BCUT2D eigenvalue weighted by Crippen LogP contribution is 2.32. The number of rotatable bonds is 3. The molecular weight excluding hydrogens is 374 g/mol. The highest BCUT2D eigenvalue weighted by atomic mass is 16.5. The van der Waals surface area contributed by atoms with Gasteiger partial charge in [0.2, 0.25) is 0 Å². The van der Waals surface area contributed by atoms with Crippen LogP contribution in [0, 0.1) is 0 Å². The van der Waals surface area contributed by atoms with Crippen molar-refractivity contribution in [2.45, 2.75) is 0 Å². The van der Waals surface area contributed by atoms with Crippen LogP contribution in [0.15, 0.2) is 79.1 Å². The summed E-state index contributed by atoms with van der Waals surface area (Å²) in [5.41, 5.74) is 3.76. The van der Waals surface area contributed by atoms with E-state index in [0.717, 1.165) is 55.7 Å². The Balaban J connectivity index is 1.43. The number of nitrogens with one attached hydrogen (secondary N) is 1. The average Bonchev–Trinajstić information content (AvgIpc) is 3.34. The lowest BCUT2D eigenvalue weighted by Gasteiger charge is -2.07. The molecule has 144 valence electrons. The summed E-state index contributed by atoms with van der Waals surface area (Å²) in [7, 11) is 2.01. The number of aryl methyl sites for hydroxylation is 1. The minimum absolute atomic E-state index is 0.743. The van der Waals surface area contributed by atoms with Crippen molar-refractivity contribution in [3.8, 4) is 23.0 Å². The third-order valence-corrected chi connectivity index (χ3v) is 5.38. The molecule has 0 spiro atoms. The Morgan fingerprint density at radius 1 is 0.900 bits per heavy atom. The van der Waals surface area contributed by atoms with E-state index in [1.165, 1.54) is 0 Å². The van der Waals surface area contributed by atoms with Gasteiger partial charge in [0.1, 0.15) is 17.2 Å². The number of benzene rings is 3. The molecule has 0 amide bonds. The predicted molar refractivity (Wildman–Crippen MR) is 118 cm³/mol. The van der Waals surface area contributed by atoms with Crippen molar-refractivity contribution in [2.75, 3.05) is 0 Å². The number of aromatic amines is 1. The Kier molecular flexibility index (Phi) is 3.58. The summed E-state index contributed by atoms with van der Waals surface area (Å²) in [5, 5.41) is 10.8. The highest BCUT2D eigenvalue weighted by molar-refractivity contribution is 5.94. The molecule has 0 fully saturated rings. The molecule has 1 N–H and O–H groups in total. The third kappa shape index (κ3) is 2.62. The van der Waals surface area contributed by atoms with Gasteiger partial charge in [-0.15, -0.1) is 0 Å². The molecule has 6 rings (SSSR count). The van der Waals surface area contributed by atoms with Gasteiger partial charge < -0.3 is 9.30 Å². The maximum absolute atomic E-state index is 6.15. The maximum Gasteiger partial charge on any atom is 0.162 e. The number of nitrogens with zero attached hydrogens (tertiary/aromatic N) is 4. The normalized spacial score (nSPS) is 11.5. The summed E-state index contributed by atoms with van der Waals surface area (Å²) < 4.78 is 8.21. The van der Waals surface area contributed by atoms with Crippen molar-refractivity contribution >= 4 is 32.7 Å². The predicted octanol–water partition coefficient (Wildman–Crippen LogP) is 5.46. The van der Waals surface area contributed by atoms with Crippen LogP contribution >= 0.6 is 0 Å². The number of fused-ring (bicyclic) bond motifs is 3. The number of ether oxygens (including phenoxy) is 1. The molecule has 0 unspecified atom stereocenters. The lowest BCUT2D eigenvalue weighted by molar-refractivity contribution is 0.484. The summed E-state index contributed by atoms with van der Waals surface area (Å²) in [6, 6.07) is 22.0. The standard InChI is InChI=1S/C24H17N5O/c1-29-22-5-3-2-4-21(22)26-24(29)23-19-13-18(8-9-20(19)27-28-23)30-17-7-6-15-10-11-25-14-16(15)12-17/h2-14H,1H3,(H,27,28). The van der Waals surface area contributed by atoms with Crippen molar-refractivity contribution in [1.82, 2.24) is 24.7 Å². The molecule has 0 aliphatic heterocycles. The highest BCUT2D eigenvalue weighted by Gasteiger charge is 2.16. The molecule has 0 saturated carbocycles. The number of hydrogen-bond donors (Lipinski definition) is 1. The second-order valence-electron chi connectivity index (χ2n) is 7.25. The number of hydrogen-bond acceptors (Lipinski definition) is 4. The number of para-hydroxylation sites is 2. The summed E-state index contributed by atoms with van der Waals surface area (Å²) in [6.45, 7) is 0. The Bertz CT molecular complexity index is 1550. The second-order valence-corrected chi connectivity index (χ2v) is 7.25. The van der Waals surface area contributed by atoms with Gasteiger partial charge in [0.25, 0.3) is 0 Å². The fraction of sp³-hybridized carbons (Fsp3) is 0.0417. The molecule has 0 radical (unpaired) electrons. The topological polar surface area (TPSA) is 68.6 Å². The summed E-state index contributed by atoms with van der Waals surface area (Å²) >= 11 is 0. The molecule has 3 heterocycles. The van der Waals surface area contributed by atoms with Crippen LogP contribution in [0.25, 0.3) is 44.2 Å². The first kappa shape index (κ1) is 16.7. The zero-order valence-electron chi connectivity index (χ0n) is 16.2. The van der Waals surface area contributed by atoms with Crippen LogP contribution < -0.4 is 4.74 Å². The lowest BCUT2D eigenvalue weighted by atomic mass is 10.1. The van der Waals surface area contributed by atoms with E-state index in [4.69, 9.17) is 9.72 Å². The van der Waals surface area contributed by atoms with E-state index >= 15 is 0 Å². The molecule has 6 nitrogen and oxygen atoms in total. The van der Waals surface area contributed by atoms with Crippen LogP contribution in [0.5, 0.6) is 11.5 Å². The zero-order chi connectivity index (χ0) is 20.1. The Morgan fingerprint density at radius 3 is 2.70 bits per heavy atom. The maximum atomic E-state index is 6.15. The number of imidazole rings is 1. The first-order valence-electron chi connectivity index (χ1n) is 9.68. The number of H-pyrrole nitrogens is 1. The van der Waals surface area contributed by atoms with E-state index < -0.39 is 0 Å². The van der Waals surface area contributed by atoms with Gasteiger partial charge in [-0.2, -0.15) is 5.10 Å². The van der Waals surface area contributed by atoms with Gasteiger partial charge >= 0.3 is 0 Å².